The topological polar surface area (TPSA) is 76.5 Å². The molecule has 7 nitrogen and oxygen atoms in total. The van der Waals surface area contributed by atoms with Gasteiger partial charge in [-0.1, -0.05) is 0 Å². The summed E-state index contributed by atoms with van der Waals surface area (Å²) in [6, 6.07) is 2.14. The second-order valence-electron chi connectivity index (χ2n) is 8.29. The molecule has 1 N–H and O–H groups in total. The summed E-state index contributed by atoms with van der Waals surface area (Å²) >= 11 is 0. The van der Waals surface area contributed by atoms with Crippen molar-refractivity contribution in [2.75, 3.05) is 32.8 Å². The lowest BCUT2D eigenvalue weighted by Crippen LogP contribution is -2.46. The smallest absolute Gasteiger partial charge is 0.260 e. The highest BCUT2D eigenvalue weighted by Crippen LogP contribution is 2.50. The number of rotatable bonds is 3. The van der Waals surface area contributed by atoms with Gasteiger partial charge in [0.2, 0.25) is 0 Å². The Hall–Kier alpha value is -0.960. The molecule has 2 aliphatic heterocycles. The van der Waals surface area contributed by atoms with E-state index in [0.29, 0.717) is 35.5 Å². The third-order valence-corrected chi connectivity index (χ3v) is 8.56. The van der Waals surface area contributed by atoms with Gasteiger partial charge in [-0.3, -0.25) is 4.68 Å². The van der Waals surface area contributed by atoms with Crippen molar-refractivity contribution in [3.8, 4) is 0 Å². The molecular weight excluding hydrogens is 352 g/mol. The van der Waals surface area contributed by atoms with Gasteiger partial charge in [-0.15, -0.1) is 0 Å². The predicted octanol–water partition coefficient (Wildman–Crippen LogP) is 1.29. The van der Waals surface area contributed by atoms with Crippen LogP contribution in [0.1, 0.15) is 37.8 Å². The molecule has 1 aromatic rings. The molecule has 1 saturated carbocycles. The van der Waals surface area contributed by atoms with Crippen LogP contribution in [0.4, 0.5) is 0 Å². The fourth-order valence-corrected chi connectivity index (χ4v) is 6.72. The molecule has 0 amide bonds. The lowest BCUT2D eigenvalue weighted by atomic mass is 9.76. The van der Waals surface area contributed by atoms with Crippen molar-refractivity contribution in [3.63, 3.8) is 0 Å². The van der Waals surface area contributed by atoms with Gasteiger partial charge in [0.1, 0.15) is 0 Å². The van der Waals surface area contributed by atoms with Crippen molar-refractivity contribution >= 4 is 10.0 Å². The highest BCUT2D eigenvalue weighted by atomic mass is 32.2. The van der Waals surface area contributed by atoms with Gasteiger partial charge in [-0.05, 0) is 56.4 Å². The predicted molar refractivity (Wildman–Crippen MR) is 98.3 cm³/mol. The Morgan fingerprint density at radius 3 is 2.69 bits per heavy atom. The number of hydrogen-bond acceptors (Lipinski definition) is 5. The van der Waals surface area contributed by atoms with Crippen LogP contribution >= 0.6 is 0 Å². The molecule has 3 fully saturated rings. The van der Waals surface area contributed by atoms with Gasteiger partial charge in [0.05, 0.1) is 18.9 Å². The normalized spacial score (nSPS) is 30.1. The van der Waals surface area contributed by atoms with Gasteiger partial charge < -0.3 is 10.1 Å². The van der Waals surface area contributed by atoms with Crippen molar-refractivity contribution in [1.82, 2.24) is 19.4 Å². The van der Waals surface area contributed by atoms with Crippen molar-refractivity contribution in [2.24, 2.45) is 18.4 Å². The van der Waals surface area contributed by atoms with Crippen LogP contribution in [0.5, 0.6) is 0 Å². The minimum Gasteiger partial charge on any atom is -0.379 e. The Morgan fingerprint density at radius 2 is 2.08 bits per heavy atom. The molecule has 26 heavy (non-hydrogen) atoms. The molecule has 146 valence electrons. The maximum Gasteiger partial charge on any atom is 0.260 e. The van der Waals surface area contributed by atoms with Crippen LogP contribution in [0.15, 0.2) is 11.1 Å². The molecule has 3 aliphatic rings. The molecule has 2 atom stereocenters. The molecule has 4 rings (SSSR count). The van der Waals surface area contributed by atoms with E-state index in [4.69, 9.17) is 4.74 Å². The molecule has 0 bridgehead atoms. The molecular formula is C18H30N4O3S. The minimum absolute atomic E-state index is 0.304. The number of sulfonamides is 1. The number of aromatic nitrogens is 2. The van der Waals surface area contributed by atoms with Crippen molar-refractivity contribution < 1.29 is 13.2 Å². The molecule has 0 radical (unpaired) electrons. The second-order valence-corrected chi connectivity index (χ2v) is 10.2. The molecule has 1 aromatic heterocycles. The van der Waals surface area contributed by atoms with Crippen LogP contribution in [0.3, 0.4) is 0 Å². The van der Waals surface area contributed by atoms with Crippen molar-refractivity contribution in [1.29, 1.82) is 0 Å². The third-order valence-electron chi connectivity index (χ3n) is 6.61. The summed E-state index contributed by atoms with van der Waals surface area (Å²) in [6.45, 7) is 5.65. The van der Waals surface area contributed by atoms with Crippen LogP contribution in [0.25, 0.3) is 0 Å². The second kappa shape index (κ2) is 6.89. The molecule has 0 aromatic carbocycles. The maximum absolute atomic E-state index is 13.0. The highest BCUT2D eigenvalue weighted by molar-refractivity contribution is 7.89. The summed E-state index contributed by atoms with van der Waals surface area (Å²) in [7, 11) is -1.75. The molecule has 2 saturated heterocycles. The lowest BCUT2D eigenvalue weighted by Gasteiger charge is -2.39. The SMILES string of the molecule is Cc1cc(S(=O)(=O)N2CCC3(CCC(C4COCCN4)C3)CC2)n(C)n1. The quantitative estimate of drug-likeness (QED) is 0.852. The Morgan fingerprint density at radius 1 is 1.31 bits per heavy atom. The van der Waals surface area contributed by atoms with E-state index in [9.17, 15) is 8.42 Å². The average molecular weight is 383 g/mol. The lowest BCUT2D eigenvalue weighted by molar-refractivity contribution is 0.0527. The monoisotopic (exact) mass is 382 g/mol. The van der Waals surface area contributed by atoms with Gasteiger partial charge in [-0.25, -0.2) is 8.42 Å². The minimum atomic E-state index is -3.45. The van der Waals surface area contributed by atoms with Gasteiger partial charge >= 0.3 is 0 Å². The molecule has 3 heterocycles. The zero-order chi connectivity index (χ0) is 18.4. The van der Waals surface area contributed by atoms with E-state index in [2.05, 4.69) is 10.4 Å². The van der Waals surface area contributed by atoms with Crippen LogP contribution in [-0.2, 0) is 21.8 Å². The molecule has 2 unspecified atom stereocenters. The average Bonchev–Trinajstić information content (AvgIpc) is 3.20. The first kappa shape index (κ1) is 18.4. The van der Waals surface area contributed by atoms with Gasteiger partial charge in [0.15, 0.2) is 5.03 Å². The summed E-state index contributed by atoms with van der Waals surface area (Å²) in [5, 5.41) is 8.11. The summed E-state index contributed by atoms with van der Waals surface area (Å²) in [6.07, 6.45) is 5.58. The van der Waals surface area contributed by atoms with E-state index in [1.165, 1.54) is 23.9 Å². The van der Waals surface area contributed by atoms with Gasteiger partial charge in [0.25, 0.3) is 10.0 Å². The Balaban J connectivity index is 1.40. The van der Waals surface area contributed by atoms with E-state index < -0.39 is 10.0 Å². The zero-order valence-corrected chi connectivity index (χ0v) is 16.6. The number of nitrogens with zero attached hydrogens (tertiary/aromatic N) is 3. The van der Waals surface area contributed by atoms with E-state index in [1.807, 2.05) is 6.92 Å². The fraction of sp³-hybridized carbons (Fsp3) is 0.833. The summed E-state index contributed by atoms with van der Waals surface area (Å²) in [5.41, 5.74) is 1.05. The van der Waals surface area contributed by atoms with Gasteiger partial charge in [-0.2, -0.15) is 9.40 Å². The number of nitrogens with one attached hydrogen (secondary N) is 1. The standard InChI is InChI=1S/C18H30N4O3S/c1-14-11-17(21(2)20-14)26(23,24)22-8-5-18(6-9-22)4-3-15(12-18)16-13-25-10-7-19-16/h11,15-16,19H,3-10,12-13H2,1-2H3. The number of piperidine rings is 1. The number of ether oxygens (including phenoxy) is 1. The zero-order valence-electron chi connectivity index (χ0n) is 15.8. The van der Waals surface area contributed by atoms with E-state index >= 15 is 0 Å². The van der Waals surface area contributed by atoms with Crippen LogP contribution in [-0.4, -0.2) is 61.4 Å². The van der Waals surface area contributed by atoms with E-state index in [0.717, 1.165) is 38.3 Å². The first-order chi connectivity index (χ1) is 12.4. The van der Waals surface area contributed by atoms with Crippen LogP contribution in [0, 0.1) is 18.3 Å². The molecule has 1 spiro atoms. The number of morpholine rings is 1. The van der Waals surface area contributed by atoms with Crippen molar-refractivity contribution in [2.45, 2.75) is 50.1 Å². The van der Waals surface area contributed by atoms with E-state index in [1.54, 1.807) is 17.4 Å². The molecule has 8 heteroatoms. The Kier molecular flexibility index (Phi) is 4.88. The summed E-state index contributed by atoms with van der Waals surface area (Å²) < 4.78 is 34.7. The summed E-state index contributed by atoms with van der Waals surface area (Å²) in [5.74, 6) is 0.665. The number of aryl methyl sites for hydroxylation is 2. The van der Waals surface area contributed by atoms with E-state index in [-0.39, 0.29) is 0 Å². The first-order valence-corrected chi connectivity index (χ1v) is 11.2. The fourth-order valence-electron chi connectivity index (χ4n) is 5.10. The van der Waals surface area contributed by atoms with Crippen LogP contribution in [0.2, 0.25) is 0 Å². The first-order valence-electron chi connectivity index (χ1n) is 9.72. The van der Waals surface area contributed by atoms with Crippen molar-refractivity contribution in [3.05, 3.63) is 11.8 Å². The number of hydrogen-bond donors (Lipinski definition) is 1. The highest BCUT2D eigenvalue weighted by Gasteiger charge is 2.45. The molecule has 1 aliphatic carbocycles. The maximum atomic E-state index is 13.0. The third kappa shape index (κ3) is 3.32. The largest absolute Gasteiger partial charge is 0.379 e. The van der Waals surface area contributed by atoms with Gasteiger partial charge in [0, 0.05) is 32.7 Å². The Bertz CT molecular complexity index is 746. The summed E-state index contributed by atoms with van der Waals surface area (Å²) in [4.78, 5) is 0. The Labute approximate surface area is 156 Å². The van der Waals surface area contributed by atoms with Crippen LogP contribution < -0.4 is 5.32 Å².